The minimum atomic E-state index is -4.20. The Morgan fingerprint density at radius 2 is 1.82 bits per heavy atom. The molecule has 39 heavy (non-hydrogen) atoms. The van der Waals surface area contributed by atoms with Crippen molar-refractivity contribution in [3.8, 4) is 0 Å². The zero-order valence-electron chi connectivity index (χ0n) is 20.5. The van der Waals surface area contributed by atoms with Crippen molar-refractivity contribution in [3.05, 3.63) is 94.5 Å². The lowest BCUT2D eigenvalue weighted by Crippen LogP contribution is -2.50. The van der Waals surface area contributed by atoms with Gasteiger partial charge in [0, 0.05) is 23.6 Å². The molecule has 3 aromatic rings. The van der Waals surface area contributed by atoms with E-state index in [4.69, 9.17) is 21.4 Å². The highest BCUT2D eigenvalue weighted by Crippen LogP contribution is 2.44. The molecule has 2 aliphatic rings. The maximum Gasteiger partial charge on any atom is 0.412 e. The fourth-order valence-electron chi connectivity index (χ4n) is 4.93. The highest BCUT2D eigenvalue weighted by atomic mass is 35.5. The summed E-state index contributed by atoms with van der Waals surface area (Å²) in [6.07, 6.45) is -0.272. The Balaban J connectivity index is 1.43. The van der Waals surface area contributed by atoms with E-state index in [2.05, 4.69) is 10.0 Å². The summed E-state index contributed by atoms with van der Waals surface area (Å²) in [5.41, 5.74) is 0.727. The molecular formula is C27H24ClN3O7S. The van der Waals surface area contributed by atoms with Crippen LogP contribution in [-0.4, -0.2) is 55.5 Å². The summed E-state index contributed by atoms with van der Waals surface area (Å²) >= 11 is 6.21. The first-order chi connectivity index (χ1) is 18.6. The number of fused-ring (bicyclic) bond motifs is 2. The van der Waals surface area contributed by atoms with Crippen LogP contribution in [0.25, 0.3) is 0 Å². The van der Waals surface area contributed by atoms with Crippen molar-refractivity contribution in [2.24, 2.45) is 0 Å². The molecule has 1 saturated heterocycles. The molecule has 3 aromatic carbocycles. The molecule has 0 aliphatic carbocycles. The fraction of sp³-hybridized carbons (Fsp3) is 0.222. The van der Waals surface area contributed by atoms with Gasteiger partial charge in [0.2, 0.25) is 15.9 Å². The largest absolute Gasteiger partial charge is 0.478 e. The monoisotopic (exact) mass is 569 g/mol. The van der Waals surface area contributed by atoms with E-state index < -0.39 is 39.6 Å². The molecule has 3 N–H and O–H groups in total. The number of aromatic carboxylic acids is 1. The van der Waals surface area contributed by atoms with Gasteiger partial charge in [-0.05, 0) is 54.4 Å². The van der Waals surface area contributed by atoms with Gasteiger partial charge < -0.3 is 14.7 Å². The Morgan fingerprint density at radius 1 is 1.10 bits per heavy atom. The number of benzene rings is 3. The number of hydrogen-bond donors (Lipinski definition) is 3. The summed E-state index contributed by atoms with van der Waals surface area (Å²) in [7, 11) is -4.20. The number of carbonyl (C=O) groups is 3. The van der Waals surface area contributed by atoms with Crippen LogP contribution in [-0.2, 0) is 31.6 Å². The number of carboxylic acid groups (broad SMARTS) is 1. The van der Waals surface area contributed by atoms with Gasteiger partial charge in [0.15, 0.2) is 5.60 Å². The molecule has 1 fully saturated rings. The van der Waals surface area contributed by atoms with Crippen LogP contribution < -0.4 is 10.0 Å². The predicted molar refractivity (Wildman–Crippen MR) is 142 cm³/mol. The second-order valence-electron chi connectivity index (χ2n) is 9.40. The highest BCUT2D eigenvalue weighted by molar-refractivity contribution is 7.89. The third-order valence-corrected chi connectivity index (χ3v) is 8.55. The predicted octanol–water partition coefficient (Wildman–Crippen LogP) is 3.62. The number of carbonyl (C=O) groups excluding carboxylic acids is 2. The quantitative estimate of drug-likeness (QED) is 0.394. The van der Waals surface area contributed by atoms with Crippen molar-refractivity contribution in [2.45, 2.75) is 29.4 Å². The number of nitrogens with one attached hydrogen (secondary N) is 2. The summed E-state index contributed by atoms with van der Waals surface area (Å²) < 4.78 is 34.7. The molecule has 2 atom stereocenters. The minimum absolute atomic E-state index is 0.0208. The normalized spacial score (nSPS) is 19.2. The first-order valence-electron chi connectivity index (χ1n) is 12.0. The second-order valence-corrected chi connectivity index (χ2v) is 11.6. The molecule has 0 saturated carbocycles. The van der Waals surface area contributed by atoms with Crippen LogP contribution in [0.1, 0.15) is 27.9 Å². The van der Waals surface area contributed by atoms with Crippen molar-refractivity contribution < 1.29 is 32.6 Å². The number of nitrogens with zero attached hydrogens (tertiary/aromatic N) is 1. The average molecular weight is 570 g/mol. The van der Waals surface area contributed by atoms with Crippen LogP contribution in [0.4, 0.5) is 10.5 Å². The Kier molecular flexibility index (Phi) is 7.06. The van der Waals surface area contributed by atoms with E-state index in [0.29, 0.717) is 22.7 Å². The Morgan fingerprint density at radius 3 is 2.51 bits per heavy atom. The van der Waals surface area contributed by atoms with Gasteiger partial charge in [-0.2, -0.15) is 4.72 Å². The van der Waals surface area contributed by atoms with Crippen molar-refractivity contribution in [1.82, 2.24) is 9.62 Å². The Hall–Kier alpha value is -3.93. The molecule has 0 bridgehead atoms. The van der Waals surface area contributed by atoms with E-state index in [0.717, 1.165) is 5.56 Å². The maximum absolute atomic E-state index is 13.8. The van der Waals surface area contributed by atoms with Crippen LogP contribution in [0, 0.1) is 0 Å². The van der Waals surface area contributed by atoms with Gasteiger partial charge in [0.25, 0.3) is 0 Å². The molecule has 5 rings (SSSR count). The third-order valence-electron chi connectivity index (χ3n) is 6.83. The second kappa shape index (κ2) is 10.3. The molecule has 0 radical (unpaired) electrons. The number of likely N-dealkylation sites (tertiary alicyclic amines) is 1. The van der Waals surface area contributed by atoms with Crippen LogP contribution in [0.15, 0.2) is 77.7 Å². The number of carboxylic acids is 1. The molecule has 1 unspecified atom stereocenters. The van der Waals surface area contributed by atoms with E-state index in [-0.39, 0.29) is 30.0 Å². The summed E-state index contributed by atoms with van der Waals surface area (Å²) in [6, 6.07) is 17.5. The van der Waals surface area contributed by atoms with Crippen molar-refractivity contribution in [1.29, 1.82) is 0 Å². The van der Waals surface area contributed by atoms with Gasteiger partial charge in [0.1, 0.15) is 6.04 Å². The molecule has 1 spiro atoms. The number of ether oxygens (including phenoxy) is 1. The molecular weight excluding hydrogens is 546 g/mol. The van der Waals surface area contributed by atoms with E-state index in [9.17, 15) is 22.8 Å². The van der Waals surface area contributed by atoms with Crippen LogP contribution in [0.5, 0.6) is 0 Å². The lowest BCUT2D eigenvalue weighted by atomic mass is 9.90. The first-order valence-corrected chi connectivity index (χ1v) is 13.9. The molecule has 12 heteroatoms. The third kappa shape index (κ3) is 5.47. The number of sulfonamides is 1. The maximum atomic E-state index is 13.8. The van der Waals surface area contributed by atoms with Crippen molar-refractivity contribution >= 4 is 45.3 Å². The highest BCUT2D eigenvalue weighted by Gasteiger charge is 2.49. The Bertz CT molecular complexity index is 1550. The summed E-state index contributed by atoms with van der Waals surface area (Å²) in [4.78, 5) is 38.6. The van der Waals surface area contributed by atoms with Crippen molar-refractivity contribution in [2.75, 3.05) is 18.4 Å². The first kappa shape index (κ1) is 26.7. The van der Waals surface area contributed by atoms with E-state index >= 15 is 0 Å². The summed E-state index contributed by atoms with van der Waals surface area (Å²) in [6.45, 7) is 0.241. The van der Waals surface area contributed by atoms with E-state index in [1.54, 1.807) is 42.5 Å². The van der Waals surface area contributed by atoms with Gasteiger partial charge in [-0.3, -0.25) is 10.1 Å². The summed E-state index contributed by atoms with van der Waals surface area (Å²) in [5, 5.41) is 12.2. The zero-order valence-corrected chi connectivity index (χ0v) is 22.0. The van der Waals surface area contributed by atoms with Crippen LogP contribution >= 0.6 is 11.6 Å². The molecule has 2 aliphatic heterocycles. The lowest BCUT2D eigenvalue weighted by molar-refractivity contribution is -0.133. The molecule has 0 aromatic heterocycles. The molecule has 10 nitrogen and oxygen atoms in total. The number of anilines is 1. The van der Waals surface area contributed by atoms with E-state index in [1.165, 1.54) is 29.2 Å². The standard InChI is InChI=1S/C27H24ClN3O7S/c28-19-8-11-22-21(15-19)27(38-26(35)29-22)12-13-31(16-27)24(32)23(14-17-4-2-1-3-5-17)30-39(36,37)20-9-6-18(7-10-20)25(33)34/h1-11,15,23,30H,12-14,16H2,(H,29,35)(H,33,34)/t23-,27?/m0/s1. The molecule has 2 amide bonds. The van der Waals surface area contributed by atoms with Gasteiger partial charge in [0.05, 0.1) is 22.7 Å². The Labute approximate surface area is 229 Å². The number of hydrogen-bond acceptors (Lipinski definition) is 6. The smallest absolute Gasteiger partial charge is 0.412 e. The van der Waals surface area contributed by atoms with Crippen LogP contribution in [0.3, 0.4) is 0 Å². The fourth-order valence-corrected chi connectivity index (χ4v) is 6.29. The minimum Gasteiger partial charge on any atom is -0.478 e. The van der Waals surface area contributed by atoms with Crippen LogP contribution in [0.2, 0.25) is 5.02 Å². The summed E-state index contributed by atoms with van der Waals surface area (Å²) in [5.74, 6) is -1.67. The van der Waals surface area contributed by atoms with E-state index in [1.807, 2.05) is 6.07 Å². The molecule has 202 valence electrons. The number of amides is 2. The topological polar surface area (TPSA) is 142 Å². The SMILES string of the molecule is O=C1Nc2ccc(Cl)cc2C2(CCN(C(=O)[C@H](Cc3ccccc3)NS(=O)(=O)c3ccc(C(=O)O)cc3)C2)O1. The average Bonchev–Trinajstić information content (AvgIpc) is 3.33. The number of halogens is 1. The van der Waals surface area contributed by atoms with Gasteiger partial charge in [-0.25, -0.2) is 18.0 Å². The number of rotatable bonds is 7. The molecule has 2 heterocycles. The van der Waals surface area contributed by atoms with Gasteiger partial charge in [-0.1, -0.05) is 41.9 Å². The van der Waals surface area contributed by atoms with Gasteiger partial charge in [-0.15, -0.1) is 0 Å². The van der Waals surface area contributed by atoms with Crippen molar-refractivity contribution in [3.63, 3.8) is 0 Å². The van der Waals surface area contributed by atoms with Gasteiger partial charge >= 0.3 is 12.1 Å². The zero-order chi connectivity index (χ0) is 27.8. The lowest BCUT2D eigenvalue weighted by Gasteiger charge is -2.35.